The van der Waals surface area contributed by atoms with Gasteiger partial charge in [-0.05, 0) is 55.0 Å². The molecule has 0 aromatic heterocycles. The van der Waals surface area contributed by atoms with E-state index in [-0.39, 0.29) is 18.1 Å². The topological polar surface area (TPSA) is 34.1 Å². The SMILES string of the molecule is CCOc1ccc(C2Oc3ccccc3C3CC(c4ccc(F)cc4)=NN32)cc1. The molecule has 3 aromatic rings. The Balaban J connectivity index is 1.53. The number of halogens is 1. The van der Waals surface area contributed by atoms with Crippen molar-refractivity contribution in [2.24, 2.45) is 5.10 Å². The Bertz CT molecular complexity index is 1050. The Morgan fingerprint density at radius 2 is 1.79 bits per heavy atom. The van der Waals surface area contributed by atoms with Gasteiger partial charge in [0.25, 0.3) is 0 Å². The molecule has 29 heavy (non-hydrogen) atoms. The Labute approximate surface area is 169 Å². The van der Waals surface area contributed by atoms with Crippen LogP contribution in [0, 0.1) is 5.82 Å². The van der Waals surface area contributed by atoms with E-state index in [2.05, 4.69) is 6.07 Å². The molecule has 2 aliphatic rings. The second-order valence-corrected chi connectivity index (χ2v) is 7.16. The maximum atomic E-state index is 13.4. The van der Waals surface area contributed by atoms with Gasteiger partial charge in [0.1, 0.15) is 17.3 Å². The van der Waals surface area contributed by atoms with Gasteiger partial charge in [0.2, 0.25) is 6.23 Å². The van der Waals surface area contributed by atoms with Crippen LogP contribution in [-0.4, -0.2) is 17.3 Å². The summed E-state index contributed by atoms with van der Waals surface area (Å²) >= 11 is 0. The first-order valence-corrected chi connectivity index (χ1v) is 9.83. The van der Waals surface area contributed by atoms with Gasteiger partial charge < -0.3 is 9.47 Å². The number of rotatable bonds is 4. The first-order valence-electron chi connectivity index (χ1n) is 9.83. The van der Waals surface area contributed by atoms with Crippen molar-refractivity contribution in [1.29, 1.82) is 0 Å². The zero-order chi connectivity index (χ0) is 19.8. The van der Waals surface area contributed by atoms with E-state index >= 15 is 0 Å². The Hall–Kier alpha value is -3.34. The highest BCUT2D eigenvalue weighted by molar-refractivity contribution is 6.01. The summed E-state index contributed by atoms with van der Waals surface area (Å²) < 4.78 is 25.3. The molecule has 3 aromatic carbocycles. The molecule has 0 saturated heterocycles. The van der Waals surface area contributed by atoms with Gasteiger partial charge in [0.05, 0.1) is 18.4 Å². The summed E-state index contributed by atoms with van der Waals surface area (Å²) in [5, 5.41) is 6.92. The van der Waals surface area contributed by atoms with Crippen LogP contribution >= 0.6 is 0 Å². The Morgan fingerprint density at radius 3 is 2.55 bits per heavy atom. The lowest BCUT2D eigenvalue weighted by Crippen LogP contribution is -2.33. The van der Waals surface area contributed by atoms with Crippen molar-refractivity contribution in [2.45, 2.75) is 25.6 Å². The zero-order valence-corrected chi connectivity index (χ0v) is 16.1. The number of ether oxygens (including phenoxy) is 2. The number of hydrogen-bond acceptors (Lipinski definition) is 4. The van der Waals surface area contributed by atoms with Crippen molar-refractivity contribution < 1.29 is 13.9 Å². The predicted octanol–water partition coefficient (Wildman–Crippen LogP) is 5.47. The highest BCUT2D eigenvalue weighted by Crippen LogP contribution is 2.47. The summed E-state index contributed by atoms with van der Waals surface area (Å²) in [7, 11) is 0. The van der Waals surface area contributed by atoms with Crippen molar-refractivity contribution in [3.8, 4) is 11.5 Å². The maximum Gasteiger partial charge on any atom is 0.213 e. The largest absolute Gasteiger partial charge is 0.494 e. The number of nitrogens with zero attached hydrogens (tertiary/aromatic N) is 2. The maximum absolute atomic E-state index is 13.4. The normalized spacial score (nSPS) is 19.8. The highest BCUT2D eigenvalue weighted by Gasteiger charge is 2.40. The minimum Gasteiger partial charge on any atom is -0.494 e. The lowest BCUT2D eigenvalue weighted by Gasteiger charge is -2.38. The molecular formula is C24H21FN2O2. The van der Waals surface area contributed by atoms with E-state index in [1.165, 1.54) is 12.1 Å². The molecule has 4 nitrogen and oxygen atoms in total. The molecule has 5 rings (SSSR count). The third kappa shape index (κ3) is 3.23. The molecule has 2 unspecified atom stereocenters. The van der Waals surface area contributed by atoms with Gasteiger partial charge in [-0.2, -0.15) is 5.10 Å². The fourth-order valence-electron chi connectivity index (χ4n) is 3.97. The van der Waals surface area contributed by atoms with Crippen LogP contribution in [-0.2, 0) is 0 Å². The molecule has 5 heteroatoms. The molecular weight excluding hydrogens is 367 g/mol. The second-order valence-electron chi connectivity index (χ2n) is 7.16. The standard InChI is InChI=1S/C24H21FN2O2/c1-2-28-19-13-9-17(10-14-19)24-27-22(20-5-3-4-6-23(20)29-24)15-21(26-27)16-7-11-18(25)12-8-16/h3-14,22,24H,2,15H2,1H3. The lowest BCUT2D eigenvalue weighted by atomic mass is 9.96. The fourth-order valence-corrected chi connectivity index (χ4v) is 3.97. The van der Waals surface area contributed by atoms with E-state index in [0.29, 0.717) is 6.61 Å². The van der Waals surface area contributed by atoms with E-state index in [0.717, 1.165) is 40.3 Å². The lowest BCUT2D eigenvalue weighted by molar-refractivity contribution is -0.0190. The fraction of sp³-hybridized carbons (Fsp3) is 0.208. The molecule has 2 atom stereocenters. The molecule has 146 valence electrons. The van der Waals surface area contributed by atoms with E-state index in [1.807, 2.05) is 54.4 Å². The molecule has 0 saturated carbocycles. The van der Waals surface area contributed by atoms with E-state index in [9.17, 15) is 4.39 Å². The molecule has 0 amide bonds. The first kappa shape index (κ1) is 17.7. The van der Waals surface area contributed by atoms with Gasteiger partial charge in [-0.25, -0.2) is 9.40 Å². The monoisotopic (exact) mass is 388 g/mol. The quantitative estimate of drug-likeness (QED) is 0.595. The highest BCUT2D eigenvalue weighted by atomic mass is 19.1. The van der Waals surface area contributed by atoms with Crippen LogP contribution in [0.15, 0.2) is 77.9 Å². The van der Waals surface area contributed by atoms with Crippen molar-refractivity contribution in [3.05, 3.63) is 95.3 Å². The third-order valence-electron chi connectivity index (χ3n) is 5.35. The van der Waals surface area contributed by atoms with Crippen LogP contribution in [0.25, 0.3) is 0 Å². The van der Waals surface area contributed by atoms with Crippen molar-refractivity contribution in [2.75, 3.05) is 6.61 Å². The van der Waals surface area contributed by atoms with Crippen LogP contribution in [0.1, 0.15) is 42.3 Å². The summed E-state index contributed by atoms with van der Waals surface area (Å²) in [6.07, 6.45) is 0.419. The predicted molar refractivity (Wildman–Crippen MR) is 110 cm³/mol. The molecule has 0 fully saturated rings. The summed E-state index contributed by atoms with van der Waals surface area (Å²) in [5.74, 6) is 1.47. The first-order chi connectivity index (χ1) is 14.2. The van der Waals surface area contributed by atoms with Crippen LogP contribution < -0.4 is 9.47 Å². The van der Waals surface area contributed by atoms with Gasteiger partial charge in [-0.1, -0.05) is 30.3 Å². The summed E-state index contributed by atoms with van der Waals surface area (Å²) in [6, 6.07) is 22.7. The van der Waals surface area contributed by atoms with Crippen molar-refractivity contribution >= 4 is 5.71 Å². The number of para-hydroxylation sites is 1. The molecule has 0 spiro atoms. The van der Waals surface area contributed by atoms with Crippen LogP contribution in [0.3, 0.4) is 0 Å². The van der Waals surface area contributed by atoms with E-state index < -0.39 is 0 Å². The van der Waals surface area contributed by atoms with E-state index in [4.69, 9.17) is 14.6 Å². The molecule has 0 N–H and O–H groups in total. The Morgan fingerprint density at radius 1 is 1.03 bits per heavy atom. The molecule has 0 aliphatic carbocycles. The van der Waals surface area contributed by atoms with Gasteiger partial charge in [0, 0.05) is 17.5 Å². The van der Waals surface area contributed by atoms with Crippen molar-refractivity contribution in [1.82, 2.24) is 5.01 Å². The number of fused-ring (bicyclic) bond motifs is 3. The smallest absolute Gasteiger partial charge is 0.213 e. The third-order valence-corrected chi connectivity index (χ3v) is 5.35. The Kier molecular flexibility index (Phi) is 4.43. The minimum absolute atomic E-state index is 0.0802. The van der Waals surface area contributed by atoms with Gasteiger partial charge in [0.15, 0.2) is 0 Å². The van der Waals surface area contributed by atoms with Crippen LogP contribution in [0.5, 0.6) is 11.5 Å². The van der Waals surface area contributed by atoms with E-state index in [1.54, 1.807) is 12.1 Å². The molecule has 0 bridgehead atoms. The van der Waals surface area contributed by atoms with Gasteiger partial charge in [-0.3, -0.25) is 0 Å². The van der Waals surface area contributed by atoms with Gasteiger partial charge >= 0.3 is 0 Å². The summed E-state index contributed by atoms with van der Waals surface area (Å²) in [4.78, 5) is 0. The zero-order valence-electron chi connectivity index (χ0n) is 16.1. The molecule has 0 radical (unpaired) electrons. The summed E-state index contributed by atoms with van der Waals surface area (Å²) in [6.45, 7) is 2.60. The van der Waals surface area contributed by atoms with Gasteiger partial charge in [-0.15, -0.1) is 0 Å². The minimum atomic E-state index is -0.330. The molecule has 2 heterocycles. The number of hydrazone groups is 1. The average molecular weight is 388 g/mol. The molecule has 2 aliphatic heterocycles. The van der Waals surface area contributed by atoms with Crippen molar-refractivity contribution in [3.63, 3.8) is 0 Å². The summed E-state index contributed by atoms with van der Waals surface area (Å²) in [5.41, 5.74) is 4.00. The number of benzene rings is 3. The van der Waals surface area contributed by atoms with Crippen LogP contribution in [0.4, 0.5) is 4.39 Å². The van der Waals surface area contributed by atoms with Crippen LogP contribution in [0.2, 0.25) is 0 Å². The number of hydrogen-bond donors (Lipinski definition) is 0. The average Bonchev–Trinajstić information content (AvgIpc) is 3.20. The second kappa shape index (κ2) is 7.24.